The van der Waals surface area contributed by atoms with Crippen molar-refractivity contribution in [3.05, 3.63) is 69.3 Å². The molecule has 0 fully saturated rings. The van der Waals surface area contributed by atoms with Crippen LogP contribution < -0.4 is 10.2 Å². The SMILES string of the molecule is Cc1ccc(/C=N\NC(=O)COc2ccc(C(C)(C)C)cc2)cc1[N+](=O)[O-]. The number of rotatable bonds is 6. The van der Waals surface area contributed by atoms with Crippen molar-refractivity contribution in [1.29, 1.82) is 0 Å². The third kappa shape index (κ3) is 5.91. The molecular formula is C20H23N3O4. The van der Waals surface area contributed by atoms with Crippen LogP contribution in [0.2, 0.25) is 0 Å². The maximum atomic E-state index is 11.8. The number of benzene rings is 2. The van der Waals surface area contributed by atoms with Crippen molar-refractivity contribution in [2.75, 3.05) is 6.61 Å². The molecule has 0 aromatic heterocycles. The van der Waals surface area contributed by atoms with Gasteiger partial charge in [-0.05, 0) is 30.0 Å². The van der Waals surface area contributed by atoms with Gasteiger partial charge in [0, 0.05) is 17.2 Å². The van der Waals surface area contributed by atoms with Crippen LogP contribution in [0.4, 0.5) is 5.69 Å². The van der Waals surface area contributed by atoms with Crippen LogP contribution in [-0.2, 0) is 10.2 Å². The van der Waals surface area contributed by atoms with Crippen molar-refractivity contribution in [3.63, 3.8) is 0 Å². The minimum absolute atomic E-state index is 0.00677. The summed E-state index contributed by atoms with van der Waals surface area (Å²) in [4.78, 5) is 22.3. The Morgan fingerprint density at radius 2 is 1.89 bits per heavy atom. The van der Waals surface area contributed by atoms with E-state index in [4.69, 9.17) is 4.74 Å². The first-order valence-corrected chi connectivity index (χ1v) is 8.47. The Balaban J connectivity index is 1.87. The summed E-state index contributed by atoms with van der Waals surface area (Å²) in [5, 5.41) is 14.7. The number of hydrogen-bond donors (Lipinski definition) is 1. The molecule has 0 aliphatic heterocycles. The smallest absolute Gasteiger partial charge is 0.277 e. The van der Waals surface area contributed by atoms with Gasteiger partial charge in [0.2, 0.25) is 0 Å². The van der Waals surface area contributed by atoms with Gasteiger partial charge in [-0.3, -0.25) is 14.9 Å². The molecule has 0 spiro atoms. The fourth-order valence-electron chi connectivity index (χ4n) is 2.31. The average Bonchev–Trinajstić information content (AvgIpc) is 2.60. The second kappa shape index (κ2) is 8.44. The monoisotopic (exact) mass is 369 g/mol. The molecule has 0 radical (unpaired) electrons. The maximum Gasteiger partial charge on any atom is 0.277 e. The number of nitro groups is 1. The third-order valence-electron chi connectivity index (χ3n) is 3.92. The van der Waals surface area contributed by atoms with Gasteiger partial charge in [0.05, 0.1) is 11.1 Å². The molecule has 0 bridgehead atoms. The van der Waals surface area contributed by atoms with E-state index in [0.29, 0.717) is 16.9 Å². The predicted molar refractivity (Wildman–Crippen MR) is 104 cm³/mol. The first-order valence-electron chi connectivity index (χ1n) is 8.47. The molecule has 7 nitrogen and oxygen atoms in total. The normalized spacial score (nSPS) is 11.4. The fraction of sp³-hybridized carbons (Fsp3) is 0.300. The minimum Gasteiger partial charge on any atom is -0.484 e. The lowest BCUT2D eigenvalue weighted by Gasteiger charge is -2.19. The summed E-state index contributed by atoms with van der Waals surface area (Å²) in [6.45, 7) is 7.84. The molecule has 7 heteroatoms. The second-order valence-electron chi connectivity index (χ2n) is 7.16. The van der Waals surface area contributed by atoms with Crippen LogP contribution in [0.25, 0.3) is 0 Å². The van der Waals surface area contributed by atoms with Gasteiger partial charge < -0.3 is 4.74 Å². The average molecular weight is 369 g/mol. The zero-order valence-electron chi connectivity index (χ0n) is 15.9. The van der Waals surface area contributed by atoms with Crippen molar-refractivity contribution in [2.24, 2.45) is 5.10 Å². The number of amides is 1. The first kappa shape index (κ1) is 20.1. The van der Waals surface area contributed by atoms with E-state index in [1.165, 1.54) is 17.8 Å². The molecule has 0 saturated carbocycles. The molecular weight excluding hydrogens is 346 g/mol. The molecule has 1 N–H and O–H groups in total. The molecule has 142 valence electrons. The van der Waals surface area contributed by atoms with Crippen LogP contribution >= 0.6 is 0 Å². The number of nitrogens with one attached hydrogen (secondary N) is 1. The number of nitrogens with zero attached hydrogens (tertiary/aromatic N) is 2. The molecule has 0 aliphatic rings. The molecule has 0 saturated heterocycles. The number of aryl methyl sites for hydroxylation is 1. The quantitative estimate of drug-likeness (QED) is 0.477. The number of ether oxygens (including phenoxy) is 1. The van der Waals surface area contributed by atoms with E-state index in [-0.39, 0.29) is 17.7 Å². The Hall–Kier alpha value is -3.22. The van der Waals surface area contributed by atoms with Gasteiger partial charge in [-0.25, -0.2) is 5.43 Å². The lowest BCUT2D eigenvalue weighted by molar-refractivity contribution is -0.385. The van der Waals surface area contributed by atoms with Gasteiger partial charge in [-0.1, -0.05) is 45.0 Å². The van der Waals surface area contributed by atoms with Crippen molar-refractivity contribution in [1.82, 2.24) is 5.43 Å². The zero-order chi connectivity index (χ0) is 20.0. The van der Waals surface area contributed by atoms with E-state index in [9.17, 15) is 14.9 Å². The number of carbonyl (C=O) groups excluding carboxylic acids is 1. The summed E-state index contributed by atoms with van der Waals surface area (Å²) in [6, 6.07) is 12.3. The molecule has 0 unspecified atom stereocenters. The Kier molecular flexibility index (Phi) is 6.28. The van der Waals surface area contributed by atoms with Gasteiger partial charge in [0.15, 0.2) is 6.61 Å². The summed E-state index contributed by atoms with van der Waals surface area (Å²) in [5.41, 5.74) is 4.65. The summed E-state index contributed by atoms with van der Waals surface area (Å²) < 4.78 is 5.43. The van der Waals surface area contributed by atoms with E-state index in [1.54, 1.807) is 19.1 Å². The number of hydrazone groups is 1. The predicted octanol–water partition coefficient (Wildman–Crippen LogP) is 3.73. The highest BCUT2D eigenvalue weighted by molar-refractivity contribution is 5.83. The van der Waals surface area contributed by atoms with E-state index >= 15 is 0 Å². The van der Waals surface area contributed by atoms with Crippen LogP contribution in [-0.4, -0.2) is 23.7 Å². The van der Waals surface area contributed by atoms with Gasteiger partial charge in [-0.2, -0.15) is 5.10 Å². The molecule has 2 aromatic carbocycles. The Labute approximate surface area is 158 Å². The topological polar surface area (TPSA) is 93.8 Å². The standard InChI is InChI=1S/C20H23N3O4/c1-14-5-6-15(11-18(14)23(25)26)12-21-22-19(24)13-27-17-9-7-16(8-10-17)20(2,3)4/h5-12H,13H2,1-4H3,(H,22,24)/b21-12-. The van der Waals surface area contributed by atoms with Crippen LogP contribution in [0.15, 0.2) is 47.6 Å². The summed E-state index contributed by atoms with van der Waals surface area (Å²) >= 11 is 0. The number of hydrogen-bond acceptors (Lipinski definition) is 5. The largest absolute Gasteiger partial charge is 0.484 e. The lowest BCUT2D eigenvalue weighted by atomic mass is 9.87. The van der Waals surface area contributed by atoms with Gasteiger partial charge in [0.25, 0.3) is 11.6 Å². The van der Waals surface area contributed by atoms with Crippen molar-refractivity contribution >= 4 is 17.8 Å². The van der Waals surface area contributed by atoms with Gasteiger partial charge >= 0.3 is 0 Å². The molecule has 0 atom stereocenters. The molecule has 0 heterocycles. The van der Waals surface area contributed by atoms with Crippen LogP contribution in [0, 0.1) is 17.0 Å². The van der Waals surface area contributed by atoms with Crippen LogP contribution in [0.1, 0.15) is 37.5 Å². The van der Waals surface area contributed by atoms with E-state index < -0.39 is 10.8 Å². The van der Waals surface area contributed by atoms with Crippen molar-refractivity contribution < 1.29 is 14.5 Å². The van der Waals surface area contributed by atoms with Crippen molar-refractivity contribution in [3.8, 4) is 5.75 Å². The summed E-state index contributed by atoms with van der Waals surface area (Å²) in [6.07, 6.45) is 1.35. The summed E-state index contributed by atoms with van der Waals surface area (Å²) in [5.74, 6) is 0.170. The number of carbonyl (C=O) groups is 1. The van der Waals surface area contributed by atoms with Gasteiger partial charge in [0.1, 0.15) is 5.75 Å². The third-order valence-corrected chi connectivity index (χ3v) is 3.92. The Morgan fingerprint density at radius 1 is 1.22 bits per heavy atom. The second-order valence-corrected chi connectivity index (χ2v) is 7.16. The molecule has 1 amide bonds. The molecule has 2 rings (SSSR count). The van der Waals surface area contributed by atoms with Crippen LogP contribution in [0.5, 0.6) is 5.75 Å². The Morgan fingerprint density at radius 3 is 2.48 bits per heavy atom. The first-order chi connectivity index (χ1) is 12.7. The number of nitro benzene ring substituents is 1. The zero-order valence-corrected chi connectivity index (χ0v) is 15.9. The lowest BCUT2D eigenvalue weighted by Crippen LogP contribution is -2.24. The van der Waals surface area contributed by atoms with Gasteiger partial charge in [-0.15, -0.1) is 0 Å². The fourth-order valence-corrected chi connectivity index (χ4v) is 2.31. The molecule has 27 heavy (non-hydrogen) atoms. The van der Waals surface area contributed by atoms with E-state index in [2.05, 4.69) is 31.3 Å². The Bertz CT molecular complexity index is 853. The van der Waals surface area contributed by atoms with Crippen LogP contribution in [0.3, 0.4) is 0 Å². The maximum absolute atomic E-state index is 11.8. The molecule has 2 aromatic rings. The highest BCUT2D eigenvalue weighted by atomic mass is 16.6. The highest BCUT2D eigenvalue weighted by Gasteiger charge is 2.13. The molecule has 0 aliphatic carbocycles. The van der Waals surface area contributed by atoms with E-state index in [0.717, 1.165) is 0 Å². The minimum atomic E-state index is -0.454. The summed E-state index contributed by atoms with van der Waals surface area (Å²) in [7, 11) is 0. The highest BCUT2D eigenvalue weighted by Crippen LogP contribution is 2.24. The van der Waals surface area contributed by atoms with E-state index in [1.807, 2.05) is 24.3 Å². The van der Waals surface area contributed by atoms with Crippen molar-refractivity contribution in [2.45, 2.75) is 33.1 Å².